The summed E-state index contributed by atoms with van der Waals surface area (Å²) in [6.07, 6.45) is 6.23. The van der Waals surface area contributed by atoms with Gasteiger partial charge in [0, 0.05) is 36.6 Å². The van der Waals surface area contributed by atoms with Gasteiger partial charge in [-0.1, -0.05) is 23.4 Å². The van der Waals surface area contributed by atoms with Gasteiger partial charge < -0.3 is 14.5 Å². The van der Waals surface area contributed by atoms with Crippen molar-refractivity contribution in [2.75, 3.05) is 0 Å². The highest BCUT2D eigenvalue weighted by molar-refractivity contribution is 5.86. The van der Waals surface area contributed by atoms with Gasteiger partial charge in [0.1, 0.15) is 11.6 Å². The molecule has 6 aromatic rings. The summed E-state index contributed by atoms with van der Waals surface area (Å²) in [5, 5.41) is 13.8. The largest absolute Gasteiger partial charge is 0.356 e. The molecule has 0 saturated heterocycles. The number of aromatic nitrogens is 7. The van der Waals surface area contributed by atoms with E-state index >= 15 is 0 Å². The lowest BCUT2D eigenvalue weighted by Crippen LogP contribution is -2.51. The SMILES string of the molecule is Cc1nc([C@@]2(c3cnn(C)c3)N[C@@H](c3ncc(-c4ccc(F)cc4)[nH]3)Cc3c2[nH]c2ccccc32)no1. The summed E-state index contributed by atoms with van der Waals surface area (Å²) in [6, 6.07) is 14.4. The molecule has 0 amide bonds. The van der Waals surface area contributed by atoms with E-state index in [-0.39, 0.29) is 11.9 Å². The minimum Gasteiger partial charge on any atom is -0.356 e. The monoisotopic (exact) mass is 494 g/mol. The molecule has 0 fully saturated rings. The number of hydrogen-bond donors (Lipinski definition) is 3. The number of H-pyrrole nitrogens is 2. The molecule has 2 aromatic carbocycles. The van der Waals surface area contributed by atoms with Gasteiger partial charge in [-0.3, -0.25) is 10.00 Å². The fourth-order valence-electron chi connectivity index (χ4n) is 5.38. The number of hydrogen-bond acceptors (Lipinski definition) is 6. The van der Waals surface area contributed by atoms with Crippen molar-refractivity contribution in [3.05, 3.63) is 107 Å². The van der Waals surface area contributed by atoms with Crippen molar-refractivity contribution in [3.8, 4) is 11.3 Å². The molecule has 2 atom stereocenters. The molecule has 3 N–H and O–H groups in total. The van der Waals surface area contributed by atoms with E-state index in [0.29, 0.717) is 18.1 Å². The average Bonchev–Trinajstić information content (AvgIpc) is 3.70. The summed E-state index contributed by atoms with van der Waals surface area (Å²) in [5.41, 5.74) is 4.69. The molecule has 0 spiro atoms. The predicted octanol–water partition coefficient (Wildman–Crippen LogP) is 4.30. The van der Waals surface area contributed by atoms with E-state index in [1.165, 1.54) is 12.1 Å². The standard InChI is InChI=1S/C27H23FN8O/c1-15-31-26(35-37-15)27(17-12-30-36(2)14-17)24-20(19-5-3-4-6-21(19)32-24)11-22(34-27)25-29-13-23(33-25)16-7-9-18(28)10-8-16/h3-10,12-14,22,32,34H,11H2,1-2H3,(H,29,33)/t22-,27+/m1/s1. The zero-order chi connectivity index (χ0) is 25.1. The van der Waals surface area contributed by atoms with Crippen molar-refractivity contribution in [2.24, 2.45) is 7.05 Å². The van der Waals surface area contributed by atoms with Gasteiger partial charge in [0.2, 0.25) is 11.7 Å². The molecule has 1 aliphatic rings. The highest BCUT2D eigenvalue weighted by Crippen LogP contribution is 2.45. The predicted molar refractivity (Wildman–Crippen MR) is 134 cm³/mol. The summed E-state index contributed by atoms with van der Waals surface area (Å²) in [5.74, 6) is 1.43. The first-order valence-corrected chi connectivity index (χ1v) is 12.0. The Bertz CT molecular complexity index is 1700. The van der Waals surface area contributed by atoms with Crippen molar-refractivity contribution >= 4 is 10.9 Å². The van der Waals surface area contributed by atoms with Gasteiger partial charge in [-0.25, -0.2) is 9.37 Å². The maximum absolute atomic E-state index is 13.5. The van der Waals surface area contributed by atoms with Crippen molar-refractivity contribution in [3.63, 3.8) is 0 Å². The van der Waals surface area contributed by atoms with Crippen LogP contribution in [0.1, 0.15) is 40.4 Å². The van der Waals surface area contributed by atoms with Crippen LogP contribution in [0.4, 0.5) is 4.39 Å². The lowest BCUT2D eigenvalue weighted by Gasteiger charge is -2.39. The van der Waals surface area contributed by atoms with Gasteiger partial charge in [-0.2, -0.15) is 10.1 Å². The normalized spacial score (nSPS) is 19.4. The minimum absolute atomic E-state index is 0.222. The Morgan fingerprint density at radius 2 is 1.92 bits per heavy atom. The van der Waals surface area contributed by atoms with Crippen LogP contribution < -0.4 is 5.32 Å². The summed E-state index contributed by atoms with van der Waals surface area (Å²) in [4.78, 5) is 16.5. The number of nitrogens with one attached hydrogen (secondary N) is 3. The molecule has 0 aliphatic carbocycles. The third-order valence-corrected chi connectivity index (χ3v) is 7.07. The van der Waals surface area contributed by atoms with E-state index < -0.39 is 5.54 Å². The number of halogens is 1. The van der Waals surface area contributed by atoms with Gasteiger partial charge in [-0.15, -0.1) is 0 Å². The smallest absolute Gasteiger partial charge is 0.223 e. The maximum atomic E-state index is 13.5. The number of aromatic amines is 2. The Hall–Kier alpha value is -4.57. The molecule has 9 nitrogen and oxygen atoms in total. The fourth-order valence-corrected chi connectivity index (χ4v) is 5.38. The Morgan fingerprint density at radius 1 is 1.08 bits per heavy atom. The molecule has 1 aliphatic heterocycles. The van der Waals surface area contributed by atoms with Crippen LogP contribution in [-0.4, -0.2) is 34.9 Å². The molecule has 0 radical (unpaired) electrons. The first-order chi connectivity index (χ1) is 18.0. The number of nitrogens with zero attached hydrogens (tertiary/aromatic N) is 5. The second-order valence-corrected chi connectivity index (χ2v) is 9.40. The van der Waals surface area contributed by atoms with Gasteiger partial charge >= 0.3 is 0 Å². The van der Waals surface area contributed by atoms with Crippen LogP contribution in [0.15, 0.2) is 71.6 Å². The summed E-state index contributed by atoms with van der Waals surface area (Å²) in [6.45, 7) is 1.78. The van der Waals surface area contributed by atoms with Crippen molar-refractivity contribution < 1.29 is 8.91 Å². The summed E-state index contributed by atoms with van der Waals surface area (Å²) >= 11 is 0. The topological polar surface area (TPSA) is 113 Å². The third kappa shape index (κ3) is 3.33. The minimum atomic E-state index is -0.966. The second kappa shape index (κ2) is 7.97. The Kier molecular flexibility index (Phi) is 4.67. The van der Waals surface area contributed by atoms with Gasteiger partial charge in [0.15, 0.2) is 5.54 Å². The first-order valence-electron chi connectivity index (χ1n) is 12.0. The molecule has 10 heteroatoms. The van der Waals surface area contributed by atoms with Crippen molar-refractivity contribution in [2.45, 2.75) is 24.9 Å². The van der Waals surface area contributed by atoms with Crippen LogP contribution in [0.5, 0.6) is 0 Å². The van der Waals surface area contributed by atoms with E-state index in [2.05, 4.69) is 42.7 Å². The number of rotatable bonds is 4. The van der Waals surface area contributed by atoms with Crippen molar-refractivity contribution in [1.82, 2.24) is 40.2 Å². The second-order valence-electron chi connectivity index (χ2n) is 9.40. The Labute approximate surface area is 210 Å². The van der Waals surface area contributed by atoms with E-state index in [0.717, 1.165) is 44.8 Å². The molecular weight excluding hydrogens is 471 g/mol. The lowest BCUT2D eigenvalue weighted by atomic mass is 9.79. The zero-order valence-corrected chi connectivity index (χ0v) is 20.2. The first kappa shape index (κ1) is 21.7. The molecular formula is C27H23FN8O. The third-order valence-electron chi connectivity index (χ3n) is 7.07. The molecule has 0 saturated carbocycles. The van der Waals surface area contributed by atoms with Gasteiger partial charge in [0.25, 0.3) is 0 Å². The number of para-hydroxylation sites is 1. The molecule has 37 heavy (non-hydrogen) atoms. The van der Waals surface area contributed by atoms with Crippen LogP contribution in [0.25, 0.3) is 22.2 Å². The van der Waals surface area contributed by atoms with Crippen LogP contribution in [0.3, 0.4) is 0 Å². The Balaban J connectivity index is 1.44. The average molecular weight is 495 g/mol. The number of benzene rings is 2. The molecule has 4 aromatic heterocycles. The number of aryl methyl sites for hydroxylation is 2. The van der Waals surface area contributed by atoms with E-state index in [4.69, 9.17) is 9.51 Å². The summed E-state index contributed by atoms with van der Waals surface area (Å²) in [7, 11) is 1.88. The maximum Gasteiger partial charge on any atom is 0.223 e. The summed E-state index contributed by atoms with van der Waals surface area (Å²) < 4.78 is 20.7. The van der Waals surface area contributed by atoms with Crippen LogP contribution >= 0.6 is 0 Å². The van der Waals surface area contributed by atoms with Crippen LogP contribution in [-0.2, 0) is 19.0 Å². The van der Waals surface area contributed by atoms with Crippen LogP contribution in [0.2, 0.25) is 0 Å². The Morgan fingerprint density at radius 3 is 2.68 bits per heavy atom. The molecule has 0 unspecified atom stereocenters. The van der Waals surface area contributed by atoms with Gasteiger partial charge in [0.05, 0.1) is 29.8 Å². The molecule has 0 bridgehead atoms. The number of fused-ring (bicyclic) bond motifs is 3. The van der Waals surface area contributed by atoms with E-state index in [9.17, 15) is 4.39 Å². The highest BCUT2D eigenvalue weighted by Gasteiger charge is 2.50. The van der Waals surface area contributed by atoms with E-state index in [1.54, 1.807) is 29.9 Å². The molecule has 7 rings (SSSR count). The molecule has 5 heterocycles. The van der Waals surface area contributed by atoms with Crippen molar-refractivity contribution in [1.29, 1.82) is 0 Å². The lowest BCUT2D eigenvalue weighted by molar-refractivity contribution is 0.317. The van der Waals surface area contributed by atoms with Gasteiger partial charge in [-0.05, 0) is 47.9 Å². The fraction of sp³-hybridized carbons (Fsp3) is 0.185. The highest BCUT2D eigenvalue weighted by atomic mass is 19.1. The quantitative estimate of drug-likeness (QED) is 0.337. The number of imidazole rings is 1. The molecule has 184 valence electrons. The van der Waals surface area contributed by atoms with E-state index in [1.807, 2.05) is 31.6 Å². The van der Waals surface area contributed by atoms with Crippen LogP contribution in [0, 0.1) is 12.7 Å². The zero-order valence-electron chi connectivity index (χ0n) is 20.2.